The van der Waals surface area contributed by atoms with E-state index in [2.05, 4.69) is 5.32 Å². The summed E-state index contributed by atoms with van der Waals surface area (Å²) in [7, 11) is 1.60. The fourth-order valence-corrected chi connectivity index (χ4v) is 6.03. The molecule has 1 N–H and O–H groups in total. The quantitative estimate of drug-likeness (QED) is 0.261. The number of benzene rings is 4. The van der Waals surface area contributed by atoms with Crippen molar-refractivity contribution in [3.05, 3.63) is 157 Å². The van der Waals surface area contributed by atoms with Gasteiger partial charge in [0, 0.05) is 5.69 Å². The van der Waals surface area contributed by atoms with E-state index in [1.807, 2.05) is 122 Å². The molecule has 5 aromatic rings. The third kappa shape index (κ3) is 6.05. The molecule has 0 saturated heterocycles. The van der Waals surface area contributed by atoms with Gasteiger partial charge in [0.05, 0.1) is 29.0 Å². The molecule has 1 amide bonds. The van der Waals surface area contributed by atoms with E-state index in [1.165, 1.54) is 11.3 Å². The van der Waals surface area contributed by atoms with E-state index >= 15 is 0 Å². The standard InChI is InChI=1S/C35H29N3O4S/c1-23-31(33(39)37-27-11-7-4-8-12-27)32(26-15-19-28(41-2)20-16-26)38-34(40)30(43-35(38)36-23)21-24-13-17-29(18-14-24)42-22-25-9-5-3-6-10-25/h3-21,32H,22H2,1-2H3,(H,37,39)/b30-21+/t32-/m0/s1. The maximum atomic E-state index is 14.0. The van der Waals surface area contributed by atoms with Gasteiger partial charge in [-0.15, -0.1) is 0 Å². The number of anilines is 1. The van der Waals surface area contributed by atoms with Gasteiger partial charge in [0.15, 0.2) is 4.80 Å². The Morgan fingerprint density at radius 2 is 1.56 bits per heavy atom. The molecule has 8 heteroatoms. The minimum atomic E-state index is -0.665. The van der Waals surface area contributed by atoms with Gasteiger partial charge < -0.3 is 14.8 Å². The average Bonchev–Trinajstić information content (AvgIpc) is 3.34. The molecule has 2 heterocycles. The first-order chi connectivity index (χ1) is 21.0. The number of allylic oxidation sites excluding steroid dienone is 1. The zero-order valence-electron chi connectivity index (χ0n) is 23.7. The van der Waals surface area contributed by atoms with E-state index in [0.29, 0.717) is 38.6 Å². The molecule has 1 aromatic heterocycles. The van der Waals surface area contributed by atoms with Gasteiger partial charge >= 0.3 is 0 Å². The van der Waals surface area contributed by atoms with Crippen molar-refractivity contribution in [3.8, 4) is 11.5 Å². The van der Waals surface area contributed by atoms with Crippen molar-refractivity contribution in [1.82, 2.24) is 4.57 Å². The number of rotatable bonds is 8. The fraction of sp³-hybridized carbons (Fsp3) is 0.114. The van der Waals surface area contributed by atoms with Crippen LogP contribution in [0.25, 0.3) is 6.08 Å². The lowest BCUT2D eigenvalue weighted by Crippen LogP contribution is -2.40. The molecular formula is C35H29N3O4S. The van der Waals surface area contributed by atoms with Gasteiger partial charge in [0.1, 0.15) is 18.1 Å². The summed E-state index contributed by atoms with van der Waals surface area (Å²) in [4.78, 5) is 32.9. The Hall–Kier alpha value is -5.21. The van der Waals surface area contributed by atoms with Crippen LogP contribution in [0.3, 0.4) is 0 Å². The molecule has 0 bridgehead atoms. The second kappa shape index (κ2) is 12.3. The lowest BCUT2D eigenvalue weighted by atomic mass is 9.95. The van der Waals surface area contributed by atoms with Crippen LogP contribution in [0.15, 0.2) is 130 Å². The molecule has 7 nitrogen and oxygen atoms in total. The Morgan fingerprint density at radius 1 is 0.907 bits per heavy atom. The van der Waals surface area contributed by atoms with Crippen LogP contribution >= 0.6 is 11.3 Å². The van der Waals surface area contributed by atoms with Gasteiger partial charge in [0.25, 0.3) is 11.5 Å². The molecule has 1 aliphatic heterocycles. The number of fused-ring (bicyclic) bond motifs is 1. The number of methoxy groups -OCH3 is 1. The molecule has 0 aliphatic carbocycles. The van der Waals surface area contributed by atoms with E-state index in [0.717, 1.165) is 22.4 Å². The van der Waals surface area contributed by atoms with Gasteiger partial charge in [-0.25, -0.2) is 4.99 Å². The van der Waals surface area contributed by atoms with E-state index in [4.69, 9.17) is 14.5 Å². The van der Waals surface area contributed by atoms with Crippen LogP contribution in [0.1, 0.15) is 29.7 Å². The Balaban J connectivity index is 1.36. The van der Waals surface area contributed by atoms with Crippen molar-refractivity contribution >= 4 is 29.0 Å². The van der Waals surface area contributed by atoms with E-state index in [-0.39, 0.29) is 11.5 Å². The number of hydrogen-bond acceptors (Lipinski definition) is 6. The van der Waals surface area contributed by atoms with Crippen molar-refractivity contribution in [3.63, 3.8) is 0 Å². The zero-order chi connectivity index (χ0) is 29.8. The Bertz CT molecular complexity index is 1960. The predicted octanol–water partition coefficient (Wildman–Crippen LogP) is 5.46. The lowest BCUT2D eigenvalue weighted by Gasteiger charge is -2.25. The highest BCUT2D eigenvalue weighted by molar-refractivity contribution is 7.07. The largest absolute Gasteiger partial charge is 0.497 e. The Kier molecular flexibility index (Phi) is 8.02. The van der Waals surface area contributed by atoms with Gasteiger partial charge in [0.2, 0.25) is 0 Å². The van der Waals surface area contributed by atoms with Crippen molar-refractivity contribution in [2.24, 2.45) is 4.99 Å². The lowest BCUT2D eigenvalue weighted by molar-refractivity contribution is -0.113. The van der Waals surface area contributed by atoms with E-state index in [9.17, 15) is 9.59 Å². The first-order valence-electron chi connectivity index (χ1n) is 13.8. The van der Waals surface area contributed by atoms with E-state index < -0.39 is 6.04 Å². The fourth-order valence-electron chi connectivity index (χ4n) is 4.99. The second-order valence-electron chi connectivity index (χ2n) is 10.0. The van der Waals surface area contributed by atoms with Gasteiger partial charge in [-0.2, -0.15) is 0 Å². The molecule has 0 radical (unpaired) electrons. The Labute approximate surface area is 252 Å². The predicted molar refractivity (Wildman–Crippen MR) is 169 cm³/mol. The number of carbonyl (C=O) groups excluding carboxylic acids is 1. The van der Waals surface area contributed by atoms with Crippen molar-refractivity contribution in [2.75, 3.05) is 12.4 Å². The Morgan fingerprint density at radius 3 is 2.23 bits per heavy atom. The second-order valence-corrected chi connectivity index (χ2v) is 11.0. The molecule has 4 aromatic carbocycles. The third-order valence-electron chi connectivity index (χ3n) is 7.16. The van der Waals surface area contributed by atoms with Crippen molar-refractivity contribution in [2.45, 2.75) is 19.6 Å². The van der Waals surface area contributed by atoms with Gasteiger partial charge in [-0.05, 0) is 66.1 Å². The zero-order valence-corrected chi connectivity index (χ0v) is 24.5. The van der Waals surface area contributed by atoms with E-state index in [1.54, 1.807) is 11.7 Å². The third-order valence-corrected chi connectivity index (χ3v) is 8.14. The molecule has 43 heavy (non-hydrogen) atoms. The smallest absolute Gasteiger partial charge is 0.271 e. The van der Waals surface area contributed by atoms with Crippen LogP contribution in [0.5, 0.6) is 11.5 Å². The average molecular weight is 588 g/mol. The van der Waals surface area contributed by atoms with Crippen LogP contribution in [0.2, 0.25) is 0 Å². The maximum Gasteiger partial charge on any atom is 0.271 e. The minimum absolute atomic E-state index is 0.216. The summed E-state index contributed by atoms with van der Waals surface area (Å²) in [5.74, 6) is 1.11. The van der Waals surface area contributed by atoms with Crippen molar-refractivity contribution in [1.29, 1.82) is 0 Å². The molecule has 0 spiro atoms. The minimum Gasteiger partial charge on any atom is -0.497 e. The highest BCUT2D eigenvalue weighted by atomic mass is 32.1. The summed E-state index contributed by atoms with van der Waals surface area (Å²) in [5, 5.41) is 2.97. The molecule has 0 fully saturated rings. The first kappa shape index (κ1) is 27.9. The summed E-state index contributed by atoms with van der Waals surface area (Å²) in [6.45, 7) is 2.28. The number of carbonyl (C=O) groups is 1. The number of thiazole rings is 1. The van der Waals surface area contributed by atoms with Crippen LogP contribution in [0.4, 0.5) is 5.69 Å². The topological polar surface area (TPSA) is 81.9 Å². The summed E-state index contributed by atoms with van der Waals surface area (Å²) >= 11 is 1.30. The summed E-state index contributed by atoms with van der Waals surface area (Å²) in [6, 6.07) is 33.6. The molecule has 1 atom stereocenters. The van der Waals surface area contributed by atoms with Crippen LogP contribution in [0, 0.1) is 0 Å². The highest BCUT2D eigenvalue weighted by Gasteiger charge is 2.32. The molecule has 214 valence electrons. The monoisotopic (exact) mass is 587 g/mol. The molecule has 6 rings (SSSR count). The van der Waals surface area contributed by atoms with Crippen molar-refractivity contribution < 1.29 is 14.3 Å². The first-order valence-corrected chi connectivity index (χ1v) is 14.6. The molecular weight excluding hydrogens is 558 g/mol. The highest BCUT2D eigenvalue weighted by Crippen LogP contribution is 2.31. The number of amides is 1. The molecule has 1 aliphatic rings. The number of aromatic nitrogens is 1. The van der Waals surface area contributed by atoms with Crippen LogP contribution in [-0.2, 0) is 11.4 Å². The number of ether oxygens (including phenoxy) is 2. The number of nitrogens with one attached hydrogen (secondary N) is 1. The van der Waals surface area contributed by atoms with Crippen LogP contribution in [-0.4, -0.2) is 17.6 Å². The molecule has 0 saturated carbocycles. The summed E-state index contributed by atoms with van der Waals surface area (Å²) < 4.78 is 13.4. The number of hydrogen-bond donors (Lipinski definition) is 1. The normalized spacial score (nSPS) is 14.6. The number of nitrogens with zero attached hydrogens (tertiary/aromatic N) is 2. The van der Waals surface area contributed by atoms with Gasteiger partial charge in [-0.3, -0.25) is 14.2 Å². The summed E-state index contributed by atoms with van der Waals surface area (Å²) in [5.41, 5.74) is 4.14. The summed E-state index contributed by atoms with van der Waals surface area (Å²) in [6.07, 6.45) is 1.85. The van der Waals surface area contributed by atoms with Gasteiger partial charge in [-0.1, -0.05) is 84.1 Å². The van der Waals surface area contributed by atoms with Crippen LogP contribution < -0.4 is 29.7 Å². The maximum absolute atomic E-state index is 14.0. The SMILES string of the molecule is COc1ccc([C@H]2C(C(=O)Nc3ccccc3)=C(C)N=c3s/c(=C/c4ccc(OCc5ccccc5)cc4)c(=O)n32)cc1. The number of para-hydroxylation sites is 1. The molecule has 0 unspecified atom stereocenters.